The van der Waals surface area contributed by atoms with Gasteiger partial charge < -0.3 is 4.74 Å². The first-order valence-electron chi connectivity index (χ1n) is 5.48. The van der Waals surface area contributed by atoms with E-state index in [1.807, 2.05) is 18.2 Å². The predicted molar refractivity (Wildman–Crippen MR) is 76.0 cm³/mol. The molecule has 0 bridgehead atoms. The van der Waals surface area contributed by atoms with E-state index in [0.717, 1.165) is 10.9 Å². The first-order chi connectivity index (χ1) is 8.29. The van der Waals surface area contributed by atoms with Crippen molar-refractivity contribution in [2.75, 3.05) is 0 Å². The number of rotatable bonds is 5. The molecule has 0 N–H and O–H groups in total. The Kier molecular flexibility index (Phi) is 4.77. The van der Waals surface area contributed by atoms with E-state index in [1.165, 1.54) is 10.4 Å². The lowest BCUT2D eigenvalue weighted by Crippen LogP contribution is -2.01. The van der Waals surface area contributed by atoms with Crippen LogP contribution in [0.15, 0.2) is 46.3 Å². The van der Waals surface area contributed by atoms with Crippen molar-refractivity contribution in [2.45, 2.75) is 19.1 Å². The van der Waals surface area contributed by atoms with Gasteiger partial charge in [0.15, 0.2) is 0 Å². The molecule has 0 aliphatic heterocycles. The van der Waals surface area contributed by atoms with E-state index < -0.39 is 0 Å². The van der Waals surface area contributed by atoms with Crippen LogP contribution in [0.1, 0.15) is 23.0 Å². The Balaban J connectivity index is 1.97. The van der Waals surface area contributed by atoms with Crippen LogP contribution in [0.2, 0.25) is 0 Å². The predicted octanol–water partition coefficient (Wildman–Crippen LogP) is 4.99. The standard InChI is InChI=1S/C14H14BrOS/c1-2-13(14-7-4-8-17-14)16-10-11-5-3-6-12(15)9-11/h3-9,13H,1-2,10H2/t13-/m1/s1. The van der Waals surface area contributed by atoms with Gasteiger partial charge in [0.05, 0.1) is 12.7 Å². The summed E-state index contributed by atoms with van der Waals surface area (Å²) in [5, 5.41) is 2.07. The van der Waals surface area contributed by atoms with Crippen molar-refractivity contribution in [3.63, 3.8) is 0 Å². The third-order valence-electron chi connectivity index (χ3n) is 2.46. The third kappa shape index (κ3) is 3.66. The molecule has 0 aliphatic rings. The zero-order valence-corrected chi connectivity index (χ0v) is 11.8. The van der Waals surface area contributed by atoms with Gasteiger partial charge in [-0.3, -0.25) is 0 Å². The smallest absolute Gasteiger partial charge is 0.0921 e. The molecule has 0 saturated heterocycles. The average Bonchev–Trinajstić information content (AvgIpc) is 2.84. The van der Waals surface area contributed by atoms with Gasteiger partial charge in [-0.05, 0) is 35.6 Å². The minimum Gasteiger partial charge on any atom is -0.368 e. The number of benzene rings is 1. The highest BCUT2D eigenvalue weighted by atomic mass is 79.9. The van der Waals surface area contributed by atoms with Gasteiger partial charge in [-0.1, -0.05) is 41.1 Å². The van der Waals surface area contributed by atoms with Gasteiger partial charge in [0.2, 0.25) is 0 Å². The second kappa shape index (κ2) is 6.34. The van der Waals surface area contributed by atoms with E-state index in [9.17, 15) is 0 Å². The quantitative estimate of drug-likeness (QED) is 0.756. The Morgan fingerprint density at radius 3 is 2.82 bits per heavy atom. The minimum atomic E-state index is 0.106. The van der Waals surface area contributed by atoms with Crippen LogP contribution in [0.4, 0.5) is 0 Å². The summed E-state index contributed by atoms with van der Waals surface area (Å²) in [5.74, 6) is 0. The Morgan fingerprint density at radius 1 is 1.29 bits per heavy atom. The van der Waals surface area contributed by atoms with E-state index in [0.29, 0.717) is 6.61 Å². The lowest BCUT2D eigenvalue weighted by Gasteiger charge is -2.14. The van der Waals surface area contributed by atoms with Crippen LogP contribution in [0.5, 0.6) is 0 Å². The van der Waals surface area contributed by atoms with Crippen molar-refractivity contribution in [2.24, 2.45) is 0 Å². The lowest BCUT2D eigenvalue weighted by molar-refractivity contribution is 0.0436. The van der Waals surface area contributed by atoms with Gasteiger partial charge in [-0.25, -0.2) is 0 Å². The van der Waals surface area contributed by atoms with Crippen molar-refractivity contribution in [3.8, 4) is 0 Å². The molecule has 1 aromatic heterocycles. The molecule has 17 heavy (non-hydrogen) atoms. The summed E-state index contributed by atoms with van der Waals surface area (Å²) < 4.78 is 6.99. The fourth-order valence-electron chi connectivity index (χ4n) is 1.61. The molecule has 2 rings (SSSR count). The van der Waals surface area contributed by atoms with Crippen LogP contribution in [0, 0.1) is 6.92 Å². The Labute approximate surface area is 115 Å². The number of hydrogen-bond acceptors (Lipinski definition) is 2. The molecule has 0 fully saturated rings. The van der Waals surface area contributed by atoms with Crippen molar-refractivity contribution in [1.29, 1.82) is 0 Å². The van der Waals surface area contributed by atoms with E-state index >= 15 is 0 Å². The maximum Gasteiger partial charge on any atom is 0.0921 e. The molecule has 0 saturated carbocycles. The molecule has 1 aromatic carbocycles. The third-order valence-corrected chi connectivity index (χ3v) is 3.92. The van der Waals surface area contributed by atoms with Gasteiger partial charge in [0, 0.05) is 9.35 Å². The number of thiophene rings is 1. The van der Waals surface area contributed by atoms with Crippen LogP contribution in [0.25, 0.3) is 0 Å². The van der Waals surface area contributed by atoms with Crippen molar-refractivity contribution < 1.29 is 4.74 Å². The highest BCUT2D eigenvalue weighted by Gasteiger charge is 2.10. The maximum atomic E-state index is 5.90. The first-order valence-corrected chi connectivity index (χ1v) is 7.15. The van der Waals surface area contributed by atoms with E-state index in [4.69, 9.17) is 4.74 Å². The molecular weight excluding hydrogens is 296 g/mol. The summed E-state index contributed by atoms with van der Waals surface area (Å²) in [7, 11) is 0. The van der Waals surface area contributed by atoms with Crippen molar-refractivity contribution in [3.05, 3.63) is 63.6 Å². The van der Waals surface area contributed by atoms with Crippen LogP contribution >= 0.6 is 27.3 Å². The molecule has 0 spiro atoms. The zero-order valence-electron chi connectivity index (χ0n) is 9.43. The summed E-state index contributed by atoms with van der Waals surface area (Å²) in [6.07, 6.45) is 0.864. The SMILES string of the molecule is [CH2]C[C@@H](OCc1cccc(Br)c1)c1cccs1. The van der Waals surface area contributed by atoms with Gasteiger partial charge in [-0.2, -0.15) is 0 Å². The normalized spacial score (nSPS) is 12.6. The number of hydrogen-bond donors (Lipinski definition) is 0. The second-order valence-corrected chi connectivity index (χ2v) is 5.63. The summed E-state index contributed by atoms with van der Waals surface area (Å²) >= 11 is 5.18. The summed E-state index contributed by atoms with van der Waals surface area (Å²) in [5.41, 5.74) is 1.18. The molecule has 3 heteroatoms. The average molecular weight is 310 g/mol. The summed E-state index contributed by atoms with van der Waals surface area (Å²) in [6, 6.07) is 12.3. The minimum absolute atomic E-state index is 0.106. The molecule has 1 nitrogen and oxygen atoms in total. The monoisotopic (exact) mass is 309 g/mol. The van der Waals surface area contributed by atoms with E-state index in [-0.39, 0.29) is 6.10 Å². The summed E-state index contributed by atoms with van der Waals surface area (Å²) in [6.45, 7) is 4.57. The van der Waals surface area contributed by atoms with Gasteiger partial charge >= 0.3 is 0 Å². The molecule has 1 atom stereocenters. The van der Waals surface area contributed by atoms with Gasteiger partial charge in [-0.15, -0.1) is 11.3 Å². The molecule has 2 aromatic rings. The zero-order chi connectivity index (χ0) is 12.1. The molecule has 0 amide bonds. The maximum absolute atomic E-state index is 5.90. The van der Waals surface area contributed by atoms with Crippen molar-refractivity contribution in [1.82, 2.24) is 0 Å². The van der Waals surface area contributed by atoms with Crippen LogP contribution in [0.3, 0.4) is 0 Å². The highest BCUT2D eigenvalue weighted by Crippen LogP contribution is 2.26. The first kappa shape index (κ1) is 12.8. The Bertz CT molecular complexity index is 453. The van der Waals surface area contributed by atoms with Gasteiger partial charge in [0.25, 0.3) is 0 Å². The molecular formula is C14H14BrOS. The second-order valence-electron chi connectivity index (χ2n) is 3.73. The van der Waals surface area contributed by atoms with E-state index in [1.54, 1.807) is 11.3 Å². The molecule has 1 heterocycles. The van der Waals surface area contributed by atoms with Crippen LogP contribution < -0.4 is 0 Å². The molecule has 1 radical (unpaired) electrons. The molecule has 0 unspecified atom stereocenters. The fourth-order valence-corrected chi connectivity index (χ4v) is 2.86. The van der Waals surface area contributed by atoms with Gasteiger partial charge in [0.1, 0.15) is 0 Å². The Morgan fingerprint density at radius 2 is 2.18 bits per heavy atom. The van der Waals surface area contributed by atoms with Crippen LogP contribution in [-0.2, 0) is 11.3 Å². The lowest BCUT2D eigenvalue weighted by atomic mass is 10.2. The number of ether oxygens (including phenoxy) is 1. The molecule has 89 valence electrons. The topological polar surface area (TPSA) is 9.23 Å². The Hall–Kier alpha value is -0.640. The summed E-state index contributed by atoms with van der Waals surface area (Å²) in [4.78, 5) is 1.25. The largest absolute Gasteiger partial charge is 0.368 e. The highest BCUT2D eigenvalue weighted by molar-refractivity contribution is 9.10. The fraction of sp³-hybridized carbons (Fsp3) is 0.214. The van der Waals surface area contributed by atoms with E-state index in [2.05, 4.69) is 46.4 Å². The van der Waals surface area contributed by atoms with Crippen molar-refractivity contribution >= 4 is 27.3 Å². The van der Waals surface area contributed by atoms with Crippen LogP contribution in [-0.4, -0.2) is 0 Å². The number of halogens is 1. The molecule has 0 aliphatic carbocycles.